The molecule has 0 amide bonds. The van der Waals surface area contributed by atoms with Crippen LogP contribution in [0.5, 0.6) is 0 Å². The zero-order chi connectivity index (χ0) is 40.6. The van der Waals surface area contributed by atoms with Gasteiger partial charge in [0.2, 0.25) is 0 Å². The van der Waals surface area contributed by atoms with Gasteiger partial charge in [0.05, 0.1) is 18.5 Å². The average Bonchev–Trinajstić information content (AvgIpc) is 3.79. The summed E-state index contributed by atoms with van der Waals surface area (Å²) in [6.45, 7) is 16.1. The largest absolute Gasteiger partial charge is 0.393 e. The lowest BCUT2D eigenvalue weighted by atomic mass is 9.70. The molecule has 0 aliphatic carbocycles. The van der Waals surface area contributed by atoms with Crippen molar-refractivity contribution in [1.82, 2.24) is 19.6 Å². The average molecular weight is 807 g/mol. The molecule has 9 heteroatoms. The Kier molecular flexibility index (Phi) is 14.2. The minimum Gasteiger partial charge on any atom is -0.393 e. The first kappa shape index (κ1) is 42.7. The Balaban J connectivity index is 0.000000178. The van der Waals surface area contributed by atoms with E-state index < -0.39 is 10.1 Å². The van der Waals surface area contributed by atoms with Crippen molar-refractivity contribution in [2.24, 2.45) is 22.7 Å². The van der Waals surface area contributed by atoms with Crippen molar-refractivity contribution >= 4 is 10.1 Å². The summed E-state index contributed by atoms with van der Waals surface area (Å²) in [5.74, 6) is 1.05. The fraction of sp³-hybridized carbons (Fsp3) is 0.510. The molecule has 4 saturated heterocycles. The van der Waals surface area contributed by atoms with E-state index in [2.05, 4.69) is 129 Å². The highest BCUT2D eigenvalue weighted by atomic mass is 32.2. The van der Waals surface area contributed by atoms with Crippen LogP contribution in [0.15, 0.2) is 121 Å². The number of hydrogen-bond donors (Lipinski definition) is 1. The summed E-state index contributed by atoms with van der Waals surface area (Å²) in [7, 11) is -3.50. The summed E-state index contributed by atoms with van der Waals surface area (Å²) in [5.41, 5.74) is 5.27. The Morgan fingerprint density at radius 3 is 1.36 bits per heavy atom. The first-order valence-electron chi connectivity index (χ1n) is 21.6. The van der Waals surface area contributed by atoms with Crippen molar-refractivity contribution in [1.29, 1.82) is 0 Å². The minimum atomic E-state index is -3.50. The van der Waals surface area contributed by atoms with Crippen molar-refractivity contribution in [3.05, 3.63) is 144 Å². The fourth-order valence-electron chi connectivity index (χ4n) is 10.7. The van der Waals surface area contributed by atoms with Crippen LogP contribution in [-0.4, -0.2) is 117 Å². The zero-order valence-electron chi connectivity index (χ0n) is 35.0. The van der Waals surface area contributed by atoms with Crippen molar-refractivity contribution in [2.75, 3.05) is 71.7 Å². The molecule has 0 aromatic heterocycles. The van der Waals surface area contributed by atoms with E-state index in [1.165, 1.54) is 34.9 Å². The number of rotatable bonds is 14. The number of hydrogen-bond acceptors (Lipinski definition) is 8. The Labute approximate surface area is 348 Å². The predicted octanol–water partition coefficient (Wildman–Crippen LogP) is 6.85. The predicted molar refractivity (Wildman–Crippen MR) is 235 cm³/mol. The molecule has 4 aliphatic heterocycles. The first-order chi connectivity index (χ1) is 28.0. The molecule has 6 unspecified atom stereocenters. The van der Waals surface area contributed by atoms with Crippen LogP contribution in [-0.2, 0) is 40.2 Å². The molecule has 8 nitrogen and oxygen atoms in total. The standard InChI is InChI=1S/C25H34N2O3S.C24H32N2O/c1-21(30-31(2,28)29)25-19-26(15-13-22-9-5-3-6-10-22)16-14-24(25)18-27(20-25)17-23-11-7-4-8-12-23;1-20(27)24-18-25(14-12-21-8-4-2-5-9-21)15-13-23(24)17-26(19-24)16-22-10-6-3-7-11-22/h3-12,21,24H,13-20H2,1-2H3;2-11,20,23,27H,12-19H2,1H3. The Hall–Kier alpha value is -3.41. The van der Waals surface area contributed by atoms with E-state index in [0.717, 1.165) is 97.8 Å². The maximum atomic E-state index is 12.0. The molecular weight excluding hydrogens is 741 g/mol. The van der Waals surface area contributed by atoms with Crippen molar-refractivity contribution in [3.63, 3.8) is 0 Å². The smallest absolute Gasteiger partial charge is 0.264 e. The van der Waals surface area contributed by atoms with E-state index in [1.807, 2.05) is 26.0 Å². The lowest BCUT2D eigenvalue weighted by Gasteiger charge is -2.47. The van der Waals surface area contributed by atoms with Gasteiger partial charge in [-0.3, -0.25) is 14.0 Å². The molecule has 0 bridgehead atoms. The number of fused-ring (bicyclic) bond motifs is 2. The number of nitrogens with zero attached hydrogens (tertiary/aromatic N) is 4. The van der Waals surface area contributed by atoms with E-state index in [0.29, 0.717) is 11.8 Å². The molecule has 4 aromatic rings. The first-order valence-corrected chi connectivity index (χ1v) is 23.4. The Morgan fingerprint density at radius 2 is 0.948 bits per heavy atom. The topological polar surface area (TPSA) is 76.6 Å². The summed E-state index contributed by atoms with van der Waals surface area (Å²) >= 11 is 0. The van der Waals surface area contributed by atoms with E-state index in [9.17, 15) is 13.5 Å². The number of aliphatic hydroxyl groups excluding tert-OH is 1. The van der Waals surface area contributed by atoms with Crippen molar-refractivity contribution < 1.29 is 17.7 Å². The lowest BCUT2D eigenvalue weighted by molar-refractivity contribution is -0.0396. The SMILES string of the molecule is CC(O)C12CN(CCc3ccccc3)CCC1CN(Cc1ccccc1)C2.CC(OS(C)(=O)=O)C12CN(CCc3ccccc3)CCC1CN(Cc1ccccc1)C2. The van der Waals surface area contributed by atoms with E-state index in [1.54, 1.807) is 0 Å². The Bertz CT molecular complexity index is 1950. The number of benzene rings is 4. The molecule has 0 saturated carbocycles. The highest BCUT2D eigenvalue weighted by Gasteiger charge is 2.54. The number of piperidine rings is 2. The van der Waals surface area contributed by atoms with Gasteiger partial charge in [-0.25, -0.2) is 0 Å². The third-order valence-corrected chi connectivity index (χ3v) is 14.5. The highest BCUT2D eigenvalue weighted by molar-refractivity contribution is 7.86. The van der Waals surface area contributed by atoms with E-state index >= 15 is 0 Å². The minimum absolute atomic E-state index is 0.0176. The van der Waals surface area contributed by atoms with Crippen LogP contribution in [0.1, 0.15) is 48.9 Å². The van der Waals surface area contributed by atoms with Crippen LogP contribution in [0.4, 0.5) is 0 Å². The summed E-state index contributed by atoms with van der Waals surface area (Å²) in [5, 5.41) is 10.8. The van der Waals surface area contributed by atoms with Gasteiger partial charge in [0, 0.05) is 76.3 Å². The molecular formula is C49H66N4O4S. The molecule has 58 heavy (non-hydrogen) atoms. The highest BCUT2D eigenvalue weighted by Crippen LogP contribution is 2.47. The summed E-state index contributed by atoms with van der Waals surface area (Å²) in [6, 6.07) is 42.6. The van der Waals surface area contributed by atoms with Gasteiger partial charge in [-0.05, 0) is 86.7 Å². The fourth-order valence-corrected chi connectivity index (χ4v) is 11.4. The van der Waals surface area contributed by atoms with Crippen LogP contribution >= 0.6 is 0 Å². The normalized spacial score (nSPS) is 26.6. The molecule has 6 atom stereocenters. The third-order valence-electron chi connectivity index (χ3n) is 13.8. The molecule has 4 aromatic carbocycles. The van der Waals surface area contributed by atoms with Crippen molar-refractivity contribution in [2.45, 2.75) is 64.8 Å². The Morgan fingerprint density at radius 1 is 0.586 bits per heavy atom. The molecule has 312 valence electrons. The molecule has 4 fully saturated rings. The molecule has 0 spiro atoms. The summed E-state index contributed by atoms with van der Waals surface area (Å²) < 4.78 is 29.6. The molecule has 4 heterocycles. The maximum Gasteiger partial charge on any atom is 0.264 e. The van der Waals surface area contributed by atoms with Gasteiger partial charge in [0.25, 0.3) is 10.1 Å². The van der Waals surface area contributed by atoms with Gasteiger partial charge >= 0.3 is 0 Å². The second-order valence-electron chi connectivity index (χ2n) is 17.9. The molecule has 1 N–H and O–H groups in total. The molecule has 8 rings (SSSR count). The van der Waals surface area contributed by atoms with Crippen LogP contribution in [0.2, 0.25) is 0 Å². The van der Waals surface area contributed by atoms with Crippen LogP contribution in [0.3, 0.4) is 0 Å². The molecule has 0 radical (unpaired) electrons. The van der Waals surface area contributed by atoms with Gasteiger partial charge < -0.3 is 14.9 Å². The summed E-state index contributed by atoms with van der Waals surface area (Å²) in [4.78, 5) is 10.1. The van der Waals surface area contributed by atoms with Crippen LogP contribution in [0, 0.1) is 22.7 Å². The van der Waals surface area contributed by atoms with Crippen molar-refractivity contribution in [3.8, 4) is 0 Å². The van der Waals surface area contributed by atoms with Crippen LogP contribution in [0.25, 0.3) is 0 Å². The van der Waals surface area contributed by atoms with Gasteiger partial charge in [-0.15, -0.1) is 0 Å². The third kappa shape index (κ3) is 10.8. The maximum absolute atomic E-state index is 12.0. The quantitative estimate of drug-likeness (QED) is 0.139. The van der Waals surface area contributed by atoms with Gasteiger partial charge in [0.15, 0.2) is 0 Å². The van der Waals surface area contributed by atoms with Gasteiger partial charge in [0.1, 0.15) is 0 Å². The van der Waals surface area contributed by atoms with Gasteiger partial charge in [-0.1, -0.05) is 121 Å². The monoisotopic (exact) mass is 806 g/mol. The van der Waals surface area contributed by atoms with Gasteiger partial charge in [-0.2, -0.15) is 8.42 Å². The van der Waals surface area contributed by atoms with E-state index in [4.69, 9.17) is 4.18 Å². The number of likely N-dealkylation sites (tertiary alicyclic amines) is 4. The second kappa shape index (κ2) is 19.3. The summed E-state index contributed by atoms with van der Waals surface area (Å²) in [6.07, 6.45) is 4.95. The zero-order valence-corrected chi connectivity index (χ0v) is 35.9. The van der Waals surface area contributed by atoms with Crippen LogP contribution < -0.4 is 0 Å². The number of aliphatic hydroxyl groups is 1. The molecule has 4 aliphatic rings. The van der Waals surface area contributed by atoms with E-state index in [-0.39, 0.29) is 23.0 Å². The lowest BCUT2D eigenvalue weighted by Crippen LogP contribution is -2.55. The second-order valence-corrected chi connectivity index (χ2v) is 19.5.